The van der Waals surface area contributed by atoms with E-state index in [1.54, 1.807) is 30.3 Å². The Morgan fingerprint density at radius 3 is 2.47 bits per heavy atom. The number of hydrogen-bond acceptors (Lipinski definition) is 3. The van der Waals surface area contributed by atoms with E-state index >= 15 is 0 Å². The van der Waals surface area contributed by atoms with E-state index in [2.05, 4.69) is 13.2 Å². The quantitative estimate of drug-likeness (QED) is 0.466. The van der Waals surface area contributed by atoms with Gasteiger partial charge < -0.3 is 9.84 Å². The third-order valence-corrected chi connectivity index (χ3v) is 1.70. The second kappa shape index (κ2) is 5.00. The number of aliphatic hydroxyl groups excluding tert-OH is 1. The van der Waals surface area contributed by atoms with E-state index in [-0.39, 0.29) is 12.2 Å². The first kappa shape index (κ1) is 11.0. The summed E-state index contributed by atoms with van der Waals surface area (Å²) in [6.45, 7) is 6.81. The number of aliphatic hydroxyl groups is 1. The smallest absolute Gasteiger partial charge is 0.318 e. The van der Waals surface area contributed by atoms with E-state index in [1.165, 1.54) is 0 Å². The van der Waals surface area contributed by atoms with E-state index in [0.717, 1.165) is 5.56 Å². The SMILES string of the molecule is C=Cc1ccc(OC(=O)CC(=C)O)cc1. The molecule has 0 aromatic heterocycles. The van der Waals surface area contributed by atoms with Gasteiger partial charge in [0.15, 0.2) is 0 Å². The summed E-state index contributed by atoms with van der Waals surface area (Å²) in [5.41, 5.74) is 0.946. The number of ether oxygens (including phenoxy) is 1. The maximum Gasteiger partial charge on any atom is 0.318 e. The van der Waals surface area contributed by atoms with Crippen LogP contribution in [0.15, 0.2) is 43.2 Å². The zero-order valence-electron chi connectivity index (χ0n) is 8.27. The van der Waals surface area contributed by atoms with Crippen molar-refractivity contribution in [3.63, 3.8) is 0 Å². The first-order valence-electron chi connectivity index (χ1n) is 4.41. The molecule has 0 radical (unpaired) electrons. The van der Waals surface area contributed by atoms with Crippen LogP contribution >= 0.6 is 0 Å². The summed E-state index contributed by atoms with van der Waals surface area (Å²) in [7, 11) is 0. The molecule has 0 saturated carbocycles. The zero-order valence-corrected chi connectivity index (χ0v) is 8.27. The molecule has 3 heteroatoms. The van der Waals surface area contributed by atoms with Crippen LogP contribution < -0.4 is 4.74 Å². The predicted octanol–water partition coefficient (Wildman–Crippen LogP) is 2.70. The van der Waals surface area contributed by atoms with E-state index in [4.69, 9.17) is 9.84 Å². The van der Waals surface area contributed by atoms with Crippen molar-refractivity contribution < 1.29 is 14.6 Å². The molecule has 0 atom stereocenters. The van der Waals surface area contributed by atoms with Crippen molar-refractivity contribution in [2.45, 2.75) is 6.42 Å². The lowest BCUT2D eigenvalue weighted by atomic mass is 10.2. The van der Waals surface area contributed by atoms with Crippen LogP contribution in [0.2, 0.25) is 0 Å². The van der Waals surface area contributed by atoms with Crippen LogP contribution in [0.3, 0.4) is 0 Å². The average Bonchev–Trinajstić information content (AvgIpc) is 2.17. The number of hydrogen-bond donors (Lipinski definition) is 1. The summed E-state index contributed by atoms with van der Waals surface area (Å²) >= 11 is 0. The lowest BCUT2D eigenvalue weighted by Gasteiger charge is -2.03. The molecule has 1 aromatic carbocycles. The van der Waals surface area contributed by atoms with Crippen molar-refractivity contribution in [1.29, 1.82) is 0 Å². The molecule has 0 aliphatic heterocycles. The van der Waals surface area contributed by atoms with Crippen LogP contribution in [-0.4, -0.2) is 11.1 Å². The minimum Gasteiger partial charge on any atom is -0.512 e. The third-order valence-electron chi connectivity index (χ3n) is 1.70. The maximum absolute atomic E-state index is 11.1. The van der Waals surface area contributed by atoms with Gasteiger partial charge in [0, 0.05) is 0 Å². The minimum absolute atomic E-state index is 0.191. The molecule has 1 aromatic rings. The largest absolute Gasteiger partial charge is 0.512 e. The van der Waals surface area contributed by atoms with Gasteiger partial charge in [-0.1, -0.05) is 31.4 Å². The Morgan fingerprint density at radius 2 is 2.00 bits per heavy atom. The Kier molecular flexibility index (Phi) is 3.68. The fourth-order valence-electron chi connectivity index (χ4n) is 1.01. The summed E-state index contributed by atoms with van der Waals surface area (Å²) in [5, 5.41) is 8.77. The van der Waals surface area contributed by atoms with E-state index in [9.17, 15) is 4.79 Å². The summed E-state index contributed by atoms with van der Waals surface area (Å²) in [6.07, 6.45) is 1.50. The van der Waals surface area contributed by atoms with Crippen molar-refractivity contribution >= 4 is 12.0 Å². The molecular formula is C12H12O3. The Bertz CT molecular complexity index is 376. The Hall–Kier alpha value is -2.03. The lowest BCUT2D eigenvalue weighted by molar-refractivity contribution is -0.134. The van der Waals surface area contributed by atoms with Gasteiger partial charge >= 0.3 is 5.97 Å². The molecule has 0 amide bonds. The molecule has 3 nitrogen and oxygen atoms in total. The maximum atomic E-state index is 11.1. The van der Waals surface area contributed by atoms with E-state index in [1.807, 2.05) is 0 Å². The van der Waals surface area contributed by atoms with E-state index in [0.29, 0.717) is 5.75 Å². The predicted molar refractivity (Wildman–Crippen MR) is 58.6 cm³/mol. The van der Waals surface area contributed by atoms with Crippen molar-refractivity contribution in [2.24, 2.45) is 0 Å². The van der Waals surface area contributed by atoms with Crippen LogP contribution in [0.1, 0.15) is 12.0 Å². The van der Waals surface area contributed by atoms with Crippen LogP contribution in [0.5, 0.6) is 5.75 Å². The van der Waals surface area contributed by atoms with Crippen LogP contribution in [0.25, 0.3) is 6.08 Å². The second-order valence-electron chi connectivity index (χ2n) is 2.99. The number of carbonyl (C=O) groups excluding carboxylic acids is 1. The fraction of sp³-hybridized carbons (Fsp3) is 0.0833. The van der Waals surface area contributed by atoms with Gasteiger partial charge in [0.05, 0.1) is 5.76 Å². The molecule has 15 heavy (non-hydrogen) atoms. The number of carbonyl (C=O) groups is 1. The fourth-order valence-corrected chi connectivity index (χ4v) is 1.01. The molecule has 0 bridgehead atoms. The topological polar surface area (TPSA) is 46.5 Å². The molecule has 0 unspecified atom stereocenters. The van der Waals surface area contributed by atoms with Gasteiger partial charge in [-0.25, -0.2) is 0 Å². The number of rotatable bonds is 4. The van der Waals surface area contributed by atoms with Crippen molar-refractivity contribution in [2.75, 3.05) is 0 Å². The summed E-state index contributed by atoms with van der Waals surface area (Å²) in [5.74, 6) is -0.302. The molecule has 0 fully saturated rings. The first-order chi connectivity index (χ1) is 7.11. The first-order valence-corrected chi connectivity index (χ1v) is 4.41. The molecule has 0 saturated heterocycles. The normalized spacial score (nSPS) is 9.33. The Balaban J connectivity index is 2.61. The number of esters is 1. The van der Waals surface area contributed by atoms with Gasteiger partial charge in [-0.3, -0.25) is 4.79 Å². The van der Waals surface area contributed by atoms with Gasteiger partial charge in [-0.05, 0) is 17.7 Å². The molecule has 78 valence electrons. The van der Waals surface area contributed by atoms with Gasteiger partial charge in [-0.2, -0.15) is 0 Å². The van der Waals surface area contributed by atoms with Gasteiger partial charge in [0.2, 0.25) is 0 Å². The molecule has 0 spiro atoms. The van der Waals surface area contributed by atoms with Crippen LogP contribution in [0, 0.1) is 0 Å². The molecular weight excluding hydrogens is 192 g/mol. The zero-order chi connectivity index (χ0) is 11.3. The lowest BCUT2D eigenvalue weighted by Crippen LogP contribution is -2.08. The monoisotopic (exact) mass is 204 g/mol. The Morgan fingerprint density at radius 1 is 1.40 bits per heavy atom. The van der Waals surface area contributed by atoms with E-state index < -0.39 is 5.97 Å². The highest BCUT2D eigenvalue weighted by Gasteiger charge is 2.05. The Labute approximate surface area is 88.3 Å². The minimum atomic E-state index is -0.533. The third kappa shape index (κ3) is 3.68. The summed E-state index contributed by atoms with van der Waals surface area (Å²) in [4.78, 5) is 11.1. The molecule has 0 heterocycles. The van der Waals surface area contributed by atoms with Crippen LogP contribution in [-0.2, 0) is 4.79 Å². The standard InChI is InChI=1S/C12H12O3/c1-3-10-4-6-11(7-5-10)15-12(14)8-9(2)13/h3-7,13H,1-2,8H2. The summed E-state index contributed by atoms with van der Waals surface area (Å²) in [6, 6.07) is 6.89. The second-order valence-corrected chi connectivity index (χ2v) is 2.99. The molecule has 0 aliphatic rings. The highest BCUT2D eigenvalue weighted by atomic mass is 16.5. The van der Waals surface area contributed by atoms with Crippen molar-refractivity contribution in [1.82, 2.24) is 0 Å². The molecule has 1 rings (SSSR count). The highest BCUT2D eigenvalue weighted by Crippen LogP contribution is 2.13. The summed E-state index contributed by atoms with van der Waals surface area (Å²) < 4.78 is 4.93. The molecule has 1 N–H and O–H groups in total. The van der Waals surface area contributed by atoms with Gasteiger partial charge in [-0.15, -0.1) is 0 Å². The van der Waals surface area contributed by atoms with Gasteiger partial charge in [0.25, 0.3) is 0 Å². The number of benzene rings is 1. The van der Waals surface area contributed by atoms with Gasteiger partial charge in [0.1, 0.15) is 12.2 Å². The van der Waals surface area contributed by atoms with Crippen molar-refractivity contribution in [3.05, 3.63) is 48.7 Å². The van der Waals surface area contributed by atoms with Crippen LogP contribution in [0.4, 0.5) is 0 Å². The highest BCUT2D eigenvalue weighted by molar-refractivity contribution is 5.74. The molecule has 0 aliphatic carbocycles. The van der Waals surface area contributed by atoms with Crippen molar-refractivity contribution in [3.8, 4) is 5.75 Å². The average molecular weight is 204 g/mol.